The summed E-state index contributed by atoms with van der Waals surface area (Å²) in [5.41, 5.74) is 17.6. The number of nitrogen functional groups attached to an aromatic ring is 2. The Morgan fingerprint density at radius 2 is 0.706 bits per heavy atom. The van der Waals surface area contributed by atoms with Crippen LogP contribution >= 0.6 is 0 Å². The molecule has 0 aromatic heterocycles. The molecule has 1 atom stereocenters. The zero-order valence-electron chi connectivity index (χ0n) is 65.2. The molecule has 29 heteroatoms. The number of carbonyl (C=O) groups is 7. The van der Waals surface area contributed by atoms with Gasteiger partial charge in [0.15, 0.2) is 12.4 Å². The quantitative estimate of drug-likeness (QED) is 0.00792. The molecular formula is C90H90F9N6NaO13. The van der Waals surface area contributed by atoms with Crippen LogP contribution in [-0.2, 0) is 80.6 Å². The number of carboxylic acids is 1. The first kappa shape index (κ1) is 101. The third kappa shape index (κ3) is 38.6. The fourth-order valence-corrected chi connectivity index (χ4v) is 10.4. The number of carboxylic acid groups (broad SMARTS) is 1. The largest absolute Gasteiger partial charge is 1.00 e. The van der Waals surface area contributed by atoms with Gasteiger partial charge in [-0.2, -0.15) is 13.2 Å². The predicted molar refractivity (Wildman–Crippen MR) is 434 cm³/mol. The molecule has 0 spiro atoms. The second kappa shape index (κ2) is 54.6. The topological polar surface area (TPSA) is 340 Å². The van der Waals surface area contributed by atoms with E-state index in [0.717, 1.165) is 70.3 Å². The van der Waals surface area contributed by atoms with Crippen LogP contribution in [0.2, 0.25) is 0 Å². The zero-order chi connectivity index (χ0) is 85.7. The van der Waals surface area contributed by atoms with Crippen molar-refractivity contribution in [3.8, 4) is 0 Å². The Bertz CT molecular complexity index is 4960. The molecule has 119 heavy (non-hydrogen) atoms. The Hall–Kier alpha value is -12.3. The summed E-state index contributed by atoms with van der Waals surface area (Å²) >= 11 is 0. The molecule has 13 N–H and O–H groups in total. The first-order valence-corrected chi connectivity index (χ1v) is 36.5. The van der Waals surface area contributed by atoms with Gasteiger partial charge in [0.2, 0.25) is 23.6 Å². The van der Waals surface area contributed by atoms with E-state index in [1.807, 2.05) is 153 Å². The van der Waals surface area contributed by atoms with Crippen molar-refractivity contribution in [2.75, 3.05) is 32.7 Å². The van der Waals surface area contributed by atoms with Gasteiger partial charge < -0.3 is 63.4 Å². The summed E-state index contributed by atoms with van der Waals surface area (Å²) in [7, 11) is 0. The number of aromatic carboxylic acids is 1. The molecule has 4 amide bonds. The molecule has 0 aliphatic heterocycles. The first-order valence-electron chi connectivity index (χ1n) is 36.5. The number of benzene rings is 11. The summed E-state index contributed by atoms with van der Waals surface area (Å²) in [5.74, 6) is -5.86. The molecule has 1 unspecified atom stereocenters. The summed E-state index contributed by atoms with van der Waals surface area (Å²) in [6.07, 6.45) is -3.21. The van der Waals surface area contributed by atoms with E-state index in [2.05, 4.69) is 21.3 Å². The number of aldehydes is 1. The number of aliphatic hydroxyl groups is 3. The van der Waals surface area contributed by atoms with E-state index in [4.69, 9.17) is 31.5 Å². The van der Waals surface area contributed by atoms with E-state index >= 15 is 0 Å². The molecule has 0 fully saturated rings. The summed E-state index contributed by atoms with van der Waals surface area (Å²) in [4.78, 5) is 81.1. The standard InChI is InChI=1S/C25H24FNO3.C17H15F4NO2.C16H16FNO2.C16H14FNO2.C7H6FNO2.C7H8FNO.C2H6.Na.H2O/c26-22-14-13-21(18-30-25(29)16-12-20-9-5-2-6-10-20)23(17-22)27-24(28)15-11-19-7-3-1-4-8-19;18-12-7-8-13(16(24)17(19,20)21)14(10-12)22-15(23)9-6-11-4-2-1-3-5-11;2*17-14-8-7-13(11-19)15(10-14)18-16(20)9-6-12-4-2-1-3-5-12;8-4-1-2-5(7(10)11)6(9)3-4;8-6-2-1-5(4-10)7(9)3-6;1-2;;/h1-10,13-14,17H,11-12,15-16,18H2,(H,27,28);1-5,7-8,10,16,24H,6,9H2,(H,22,23);1-5,7-8,10,19H,6,9,11H2,(H,18,20);1-5,7-8,10-11H,6,9H2,(H,18,20);1-3H,9H2,(H,10,11);1-3,10H,4,9H2;1-2H3;;1H2/q;;;;;;;+1;/p-1. The van der Waals surface area contributed by atoms with Crippen LogP contribution in [0.25, 0.3) is 0 Å². The van der Waals surface area contributed by atoms with Crippen LogP contribution in [0.3, 0.4) is 0 Å². The van der Waals surface area contributed by atoms with E-state index in [-0.39, 0.29) is 133 Å². The number of nitrogens with one attached hydrogen (secondary N) is 4. The second-order valence-electron chi connectivity index (χ2n) is 25.1. The molecule has 0 aliphatic rings. The summed E-state index contributed by atoms with van der Waals surface area (Å²) in [6, 6.07) is 68.7. The summed E-state index contributed by atoms with van der Waals surface area (Å²) < 4.78 is 121. The van der Waals surface area contributed by atoms with Crippen molar-refractivity contribution in [3.05, 3.63) is 357 Å². The second-order valence-corrected chi connectivity index (χ2v) is 25.1. The van der Waals surface area contributed by atoms with Crippen LogP contribution in [0, 0.1) is 34.9 Å². The number of ether oxygens (including phenoxy) is 1. The van der Waals surface area contributed by atoms with Crippen LogP contribution in [0.1, 0.15) is 123 Å². The number of hydrogen-bond acceptors (Lipinski definition) is 14. The van der Waals surface area contributed by atoms with Crippen molar-refractivity contribution in [2.45, 2.75) is 110 Å². The van der Waals surface area contributed by atoms with Gasteiger partial charge in [-0.25, -0.2) is 31.1 Å². The van der Waals surface area contributed by atoms with Gasteiger partial charge in [-0.05, 0) is 145 Å². The maximum Gasteiger partial charge on any atom is 1.00 e. The maximum absolute atomic E-state index is 13.7. The number of aliphatic hydroxyl groups excluding tert-OH is 3. The summed E-state index contributed by atoms with van der Waals surface area (Å²) in [5, 5.41) is 45.7. The van der Waals surface area contributed by atoms with Gasteiger partial charge in [-0.1, -0.05) is 190 Å². The minimum absolute atomic E-state index is 0. The SMILES string of the molecule is CC.Nc1cc(F)ccc1C(=O)O.Nc1cc(F)ccc1CO.O=C(CCc1ccccc1)Nc1cc(F)ccc1C(O)C(F)(F)F.O=C(CCc1ccccc1)Nc1cc(F)ccc1CO.O=C(CCc1ccccc1)Nc1cc(F)ccc1COC(=O)CCc1ccccc1.O=Cc1ccc(F)cc1NC(=O)CCc1ccccc1.[Na+].[OH-]. The smallest absolute Gasteiger partial charge is 0.870 e. The molecule has 0 heterocycles. The van der Waals surface area contributed by atoms with E-state index in [0.29, 0.717) is 78.6 Å². The van der Waals surface area contributed by atoms with Crippen molar-refractivity contribution in [1.29, 1.82) is 0 Å². The van der Waals surface area contributed by atoms with Gasteiger partial charge >= 0.3 is 47.7 Å². The molecule has 622 valence electrons. The predicted octanol–water partition coefficient (Wildman–Crippen LogP) is 15.0. The molecule has 19 nitrogen and oxygen atoms in total. The monoisotopic (exact) mass is 1660 g/mol. The Kier molecular flexibility index (Phi) is 46.3. The fourth-order valence-electron chi connectivity index (χ4n) is 10.4. The molecule has 11 aromatic rings. The Morgan fingerprint density at radius 1 is 0.403 bits per heavy atom. The fraction of sp³-hybridized carbons (Fsp3) is 0.189. The normalized spacial score (nSPS) is 10.4. The molecule has 0 radical (unpaired) electrons. The first-order chi connectivity index (χ1) is 56.1. The van der Waals surface area contributed by atoms with Crippen molar-refractivity contribution >= 4 is 76.0 Å². The van der Waals surface area contributed by atoms with Crippen molar-refractivity contribution < 1.29 is 133 Å². The van der Waals surface area contributed by atoms with E-state index in [9.17, 15) is 78.2 Å². The third-order valence-corrected chi connectivity index (χ3v) is 16.5. The molecule has 0 saturated carbocycles. The van der Waals surface area contributed by atoms with Crippen LogP contribution in [0.5, 0.6) is 0 Å². The number of hydrogen-bond donors (Lipinski definition) is 10. The van der Waals surface area contributed by atoms with Crippen LogP contribution in [-0.4, -0.2) is 73.9 Å². The Labute approximate surface area is 704 Å². The van der Waals surface area contributed by atoms with Gasteiger partial charge in [0.25, 0.3) is 0 Å². The molecule has 0 aliphatic carbocycles. The van der Waals surface area contributed by atoms with E-state index < -0.39 is 64.5 Å². The number of aryl methyl sites for hydroxylation is 5. The van der Waals surface area contributed by atoms with Gasteiger partial charge in [0.05, 0.1) is 30.2 Å². The third-order valence-electron chi connectivity index (χ3n) is 16.5. The van der Waals surface area contributed by atoms with Crippen molar-refractivity contribution in [1.82, 2.24) is 0 Å². The van der Waals surface area contributed by atoms with Crippen LogP contribution in [0.15, 0.2) is 261 Å². The molecule has 0 saturated heterocycles. The maximum atomic E-state index is 13.7. The number of rotatable bonds is 26. The minimum atomic E-state index is -4.92. The average Bonchev–Trinajstić information content (AvgIpc) is 0.823. The van der Waals surface area contributed by atoms with Gasteiger partial charge in [0.1, 0.15) is 41.5 Å². The number of nitrogens with two attached hydrogens (primary N) is 2. The van der Waals surface area contributed by atoms with Gasteiger partial charge in [-0.15, -0.1) is 0 Å². The van der Waals surface area contributed by atoms with Gasteiger partial charge in [-0.3, -0.25) is 28.8 Å². The number of alkyl halides is 3. The Balaban J connectivity index is 0.000000378. The number of esters is 1. The van der Waals surface area contributed by atoms with E-state index in [1.54, 1.807) is 12.1 Å². The molecule has 0 bridgehead atoms. The van der Waals surface area contributed by atoms with Crippen molar-refractivity contribution in [3.63, 3.8) is 0 Å². The molecular weight excluding hydrogens is 1570 g/mol. The van der Waals surface area contributed by atoms with Crippen molar-refractivity contribution in [2.24, 2.45) is 0 Å². The number of anilines is 6. The average molecular weight is 1660 g/mol. The number of halogens is 9. The number of amides is 4. The summed E-state index contributed by atoms with van der Waals surface area (Å²) in [6.45, 7) is 3.59. The minimum Gasteiger partial charge on any atom is -0.870 e. The van der Waals surface area contributed by atoms with Crippen LogP contribution < -0.4 is 62.3 Å². The number of carbonyl (C=O) groups excluding carboxylic acids is 6. The molecule has 11 rings (SSSR count). The van der Waals surface area contributed by atoms with Crippen LogP contribution in [0.4, 0.5) is 73.6 Å². The molecule has 11 aromatic carbocycles. The van der Waals surface area contributed by atoms with E-state index in [1.165, 1.54) is 66.7 Å². The van der Waals surface area contributed by atoms with Gasteiger partial charge in [0, 0.05) is 82.7 Å². The Morgan fingerprint density at radius 3 is 1.07 bits per heavy atom. The zero-order valence-corrected chi connectivity index (χ0v) is 67.2.